The van der Waals surface area contributed by atoms with Crippen LogP contribution in [0.4, 0.5) is 5.69 Å². The Kier molecular flexibility index (Phi) is 3.66. The van der Waals surface area contributed by atoms with Gasteiger partial charge >= 0.3 is 0 Å². The lowest BCUT2D eigenvalue weighted by Gasteiger charge is -2.45. The number of anilines is 1. The number of nitrogens with zero attached hydrogens (tertiary/aromatic N) is 2. The standard InChI is InChI=1S/C16H19ClN2/c17-14-7-3-9-16(13(14)11-18)19-10-4-6-12-5-1-2-8-15(12)19/h3,7,9,12,15H,1-2,4-6,8,10H2/t12-,15-/m1/s1. The normalized spacial score (nSPS) is 26.6. The summed E-state index contributed by atoms with van der Waals surface area (Å²) in [6.07, 6.45) is 7.89. The molecular formula is C16H19ClN2. The van der Waals surface area contributed by atoms with E-state index in [0.717, 1.165) is 18.2 Å². The molecule has 3 rings (SSSR count). The van der Waals surface area contributed by atoms with Gasteiger partial charge in [-0.1, -0.05) is 30.5 Å². The Morgan fingerprint density at radius 2 is 1.95 bits per heavy atom. The number of piperidine rings is 1. The molecule has 0 amide bonds. The first-order chi connectivity index (χ1) is 9.31. The largest absolute Gasteiger partial charge is 0.367 e. The van der Waals surface area contributed by atoms with E-state index < -0.39 is 0 Å². The Balaban J connectivity index is 1.96. The Labute approximate surface area is 120 Å². The minimum absolute atomic E-state index is 0.581. The summed E-state index contributed by atoms with van der Waals surface area (Å²) < 4.78 is 0. The van der Waals surface area contributed by atoms with Gasteiger partial charge in [-0.25, -0.2) is 0 Å². The Bertz CT molecular complexity index is 504. The summed E-state index contributed by atoms with van der Waals surface area (Å²) in [5.74, 6) is 0.813. The lowest BCUT2D eigenvalue weighted by Crippen LogP contribution is -2.47. The van der Waals surface area contributed by atoms with E-state index >= 15 is 0 Å². The molecule has 0 aromatic heterocycles. The molecule has 1 aromatic rings. The Morgan fingerprint density at radius 3 is 2.79 bits per heavy atom. The van der Waals surface area contributed by atoms with Crippen molar-refractivity contribution in [2.75, 3.05) is 11.4 Å². The fraction of sp³-hybridized carbons (Fsp3) is 0.562. The minimum atomic E-state index is 0.581. The molecule has 1 aliphatic heterocycles. The molecule has 0 radical (unpaired) electrons. The highest BCUT2D eigenvalue weighted by Gasteiger charge is 2.34. The molecule has 3 heteroatoms. The summed E-state index contributed by atoms with van der Waals surface area (Å²) in [7, 11) is 0. The van der Waals surface area contributed by atoms with Crippen LogP contribution < -0.4 is 4.90 Å². The average Bonchev–Trinajstić information content (AvgIpc) is 2.46. The monoisotopic (exact) mass is 274 g/mol. The van der Waals surface area contributed by atoms with Gasteiger partial charge < -0.3 is 4.90 Å². The van der Waals surface area contributed by atoms with Gasteiger partial charge in [0.25, 0.3) is 0 Å². The van der Waals surface area contributed by atoms with Crippen LogP contribution in [-0.4, -0.2) is 12.6 Å². The minimum Gasteiger partial charge on any atom is -0.367 e. The first-order valence-corrected chi connectivity index (χ1v) is 7.64. The van der Waals surface area contributed by atoms with Crippen molar-refractivity contribution in [3.05, 3.63) is 28.8 Å². The molecule has 1 aliphatic carbocycles. The molecule has 0 bridgehead atoms. The Morgan fingerprint density at radius 1 is 1.16 bits per heavy atom. The zero-order chi connectivity index (χ0) is 13.2. The van der Waals surface area contributed by atoms with Crippen LogP contribution in [0.15, 0.2) is 18.2 Å². The van der Waals surface area contributed by atoms with Crippen LogP contribution >= 0.6 is 11.6 Å². The smallest absolute Gasteiger partial charge is 0.103 e. The third-order valence-corrected chi connectivity index (χ3v) is 4.97. The van der Waals surface area contributed by atoms with E-state index in [1.807, 2.05) is 12.1 Å². The maximum Gasteiger partial charge on any atom is 0.103 e. The highest BCUT2D eigenvalue weighted by molar-refractivity contribution is 6.32. The fourth-order valence-electron chi connectivity index (χ4n) is 3.79. The molecule has 1 heterocycles. The van der Waals surface area contributed by atoms with Gasteiger partial charge in [0.2, 0.25) is 0 Å². The quantitative estimate of drug-likeness (QED) is 0.760. The van der Waals surface area contributed by atoms with Crippen LogP contribution in [0.3, 0.4) is 0 Å². The molecule has 19 heavy (non-hydrogen) atoms. The van der Waals surface area contributed by atoms with Gasteiger partial charge in [0, 0.05) is 12.6 Å². The van der Waals surface area contributed by atoms with E-state index in [0.29, 0.717) is 16.6 Å². The predicted octanol–water partition coefficient (Wildman–Crippen LogP) is 4.37. The van der Waals surface area contributed by atoms with Gasteiger partial charge in [0.1, 0.15) is 6.07 Å². The SMILES string of the molecule is N#Cc1c(Cl)cccc1N1CCC[C@H]2CCCC[C@H]21. The highest BCUT2D eigenvalue weighted by atomic mass is 35.5. The molecule has 1 aromatic carbocycles. The summed E-state index contributed by atoms with van der Waals surface area (Å²) in [5, 5.41) is 9.95. The first-order valence-electron chi connectivity index (χ1n) is 7.26. The topological polar surface area (TPSA) is 27.0 Å². The number of hydrogen-bond acceptors (Lipinski definition) is 2. The second-order valence-electron chi connectivity index (χ2n) is 5.69. The zero-order valence-corrected chi connectivity index (χ0v) is 11.9. The highest BCUT2D eigenvalue weighted by Crippen LogP contribution is 2.39. The van der Waals surface area contributed by atoms with Crippen molar-refractivity contribution in [3.8, 4) is 6.07 Å². The summed E-state index contributed by atoms with van der Waals surface area (Å²) in [5.41, 5.74) is 1.70. The second kappa shape index (κ2) is 5.43. The van der Waals surface area contributed by atoms with E-state index in [9.17, 15) is 5.26 Å². The lowest BCUT2D eigenvalue weighted by molar-refractivity contribution is 0.244. The number of benzene rings is 1. The number of nitriles is 1. The van der Waals surface area contributed by atoms with Gasteiger partial charge in [0.05, 0.1) is 16.3 Å². The maximum atomic E-state index is 9.36. The summed E-state index contributed by atoms with van der Waals surface area (Å²) in [4.78, 5) is 2.46. The van der Waals surface area contributed by atoms with Crippen LogP contribution in [0.2, 0.25) is 5.02 Å². The number of rotatable bonds is 1. The molecule has 2 aliphatic rings. The van der Waals surface area contributed by atoms with Gasteiger partial charge in [-0.3, -0.25) is 0 Å². The molecule has 0 N–H and O–H groups in total. The van der Waals surface area contributed by atoms with Crippen LogP contribution in [-0.2, 0) is 0 Å². The predicted molar refractivity (Wildman–Crippen MR) is 78.5 cm³/mol. The second-order valence-corrected chi connectivity index (χ2v) is 6.10. The van der Waals surface area contributed by atoms with Crippen molar-refractivity contribution in [1.29, 1.82) is 5.26 Å². The molecule has 2 atom stereocenters. The molecule has 0 spiro atoms. The van der Waals surface area contributed by atoms with Crippen LogP contribution in [0.5, 0.6) is 0 Å². The van der Waals surface area contributed by atoms with Gasteiger partial charge in [-0.15, -0.1) is 0 Å². The molecule has 100 valence electrons. The third-order valence-electron chi connectivity index (χ3n) is 4.66. The summed E-state index contributed by atoms with van der Waals surface area (Å²) in [6.45, 7) is 1.07. The maximum absolute atomic E-state index is 9.36. The van der Waals surface area contributed by atoms with Gasteiger partial charge in [-0.2, -0.15) is 5.26 Å². The molecule has 2 fully saturated rings. The molecular weight excluding hydrogens is 256 g/mol. The Hall–Kier alpha value is -1.20. The van der Waals surface area contributed by atoms with Crippen molar-refractivity contribution < 1.29 is 0 Å². The number of halogens is 1. The van der Waals surface area contributed by atoms with E-state index in [1.54, 1.807) is 0 Å². The summed E-state index contributed by atoms with van der Waals surface area (Å²) >= 11 is 6.17. The van der Waals surface area contributed by atoms with Crippen LogP contribution in [0.25, 0.3) is 0 Å². The van der Waals surface area contributed by atoms with Crippen molar-refractivity contribution in [3.63, 3.8) is 0 Å². The first kappa shape index (κ1) is 12.8. The van der Waals surface area contributed by atoms with Gasteiger partial charge in [0.15, 0.2) is 0 Å². The van der Waals surface area contributed by atoms with Crippen molar-refractivity contribution in [1.82, 2.24) is 0 Å². The molecule has 0 unspecified atom stereocenters. The fourth-order valence-corrected chi connectivity index (χ4v) is 4.00. The molecule has 1 saturated carbocycles. The number of hydrogen-bond donors (Lipinski definition) is 0. The van der Waals surface area contributed by atoms with Gasteiger partial charge in [-0.05, 0) is 43.7 Å². The van der Waals surface area contributed by atoms with E-state index in [2.05, 4.69) is 17.0 Å². The molecule has 1 saturated heterocycles. The van der Waals surface area contributed by atoms with Crippen molar-refractivity contribution >= 4 is 17.3 Å². The van der Waals surface area contributed by atoms with Crippen molar-refractivity contribution in [2.24, 2.45) is 5.92 Å². The number of fused-ring (bicyclic) bond motifs is 1. The summed E-state index contributed by atoms with van der Waals surface area (Å²) in [6, 6.07) is 8.73. The van der Waals surface area contributed by atoms with Crippen LogP contribution in [0.1, 0.15) is 44.1 Å². The van der Waals surface area contributed by atoms with E-state index in [-0.39, 0.29) is 0 Å². The van der Waals surface area contributed by atoms with Crippen molar-refractivity contribution in [2.45, 2.75) is 44.6 Å². The van der Waals surface area contributed by atoms with Crippen LogP contribution in [0, 0.1) is 17.2 Å². The van der Waals surface area contributed by atoms with E-state index in [1.165, 1.54) is 38.5 Å². The van der Waals surface area contributed by atoms with E-state index in [4.69, 9.17) is 11.6 Å². The lowest BCUT2D eigenvalue weighted by atomic mass is 9.78. The third kappa shape index (κ3) is 2.32. The zero-order valence-electron chi connectivity index (χ0n) is 11.1. The average molecular weight is 275 g/mol. The molecule has 2 nitrogen and oxygen atoms in total.